The summed E-state index contributed by atoms with van der Waals surface area (Å²) in [6.07, 6.45) is 2.60. The average molecular weight is 319 g/mol. The number of furan rings is 1. The van der Waals surface area contributed by atoms with E-state index in [1.807, 2.05) is 13.8 Å². The van der Waals surface area contributed by atoms with Gasteiger partial charge < -0.3 is 19.0 Å². The van der Waals surface area contributed by atoms with Crippen LogP contribution in [0.2, 0.25) is 0 Å². The highest BCUT2D eigenvalue weighted by atomic mass is 16.5. The van der Waals surface area contributed by atoms with E-state index < -0.39 is 22.7 Å². The minimum atomic E-state index is -0.655. The Labute approximate surface area is 131 Å². The van der Waals surface area contributed by atoms with Gasteiger partial charge in [-0.3, -0.25) is 14.2 Å². The molecular formula is C15H17N3O5. The van der Waals surface area contributed by atoms with E-state index in [1.54, 1.807) is 12.1 Å². The lowest BCUT2D eigenvalue weighted by atomic mass is 10.1. The zero-order valence-electron chi connectivity index (χ0n) is 12.9. The Balaban J connectivity index is 1.99. The maximum absolute atomic E-state index is 12.6. The topological polar surface area (TPSA) is 97.5 Å². The fourth-order valence-electron chi connectivity index (χ4n) is 2.48. The first kappa shape index (κ1) is 15.3. The number of nitrogens with one attached hydrogen (secondary N) is 1. The van der Waals surface area contributed by atoms with Crippen LogP contribution < -0.4 is 11.2 Å². The van der Waals surface area contributed by atoms with Gasteiger partial charge in [0.25, 0.3) is 11.5 Å². The molecule has 0 spiro atoms. The van der Waals surface area contributed by atoms with E-state index in [2.05, 4.69) is 4.98 Å². The number of carbonyl (C=O) groups is 1. The smallest absolute Gasteiger partial charge is 0.328 e. The predicted octanol–water partition coefficient (Wildman–Crippen LogP) is 0.386. The summed E-state index contributed by atoms with van der Waals surface area (Å²) < 4.78 is 11.4. The fraction of sp³-hybridized carbons (Fsp3) is 0.400. The number of ether oxygens (including phenoxy) is 1. The normalized spacial score (nSPS) is 16.7. The maximum atomic E-state index is 12.6. The number of aromatic amines is 1. The minimum Gasteiger partial charge on any atom is -0.467 e. The number of H-pyrrole nitrogens is 1. The van der Waals surface area contributed by atoms with Crippen molar-refractivity contribution in [2.45, 2.75) is 25.9 Å². The molecule has 1 saturated heterocycles. The van der Waals surface area contributed by atoms with Crippen molar-refractivity contribution in [3.05, 3.63) is 56.8 Å². The first-order valence-electron chi connectivity index (χ1n) is 7.15. The van der Waals surface area contributed by atoms with Crippen molar-refractivity contribution in [2.75, 3.05) is 13.3 Å². The van der Waals surface area contributed by atoms with Crippen LogP contribution in [0.4, 0.5) is 0 Å². The molecule has 1 aliphatic rings. The molecule has 0 aromatic carbocycles. The van der Waals surface area contributed by atoms with Gasteiger partial charge in [0.2, 0.25) is 0 Å². The van der Waals surface area contributed by atoms with Gasteiger partial charge in [-0.05, 0) is 26.0 Å². The largest absolute Gasteiger partial charge is 0.467 e. The summed E-state index contributed by atoms with van der Waals surface area (Å²) in [7, 11) is 0. The number of hydrogen-bond donors (Lipinski definition) is 1. The highest BCUT2D eigenvalue weighted by molar-refractivity contribution is 5.94. The van der Waals surface area contributed by atoms with E-state index in [-0.39, 0.29) is 18.8 Å². The van der Waals surface area contributed by atoms with Crippen LogP contribution in [0.5, 0.6) is 0 Å². The van der Waals surface area contributed by atoms with Gasteiger partial charge >= 0.3 is 5.69 Å². The molecule has 1 amide bonds. The van der Waals surface area contributed by atoms with Crippen molar-refractivity contribution in [2.24, 2.45) is 0 Å². The summed E-state index contributed by atoms with van der Waals surface area (Å²) in [6.45, 7) is 4.17. The fourth-order valence-corrected chi connectivity index (χ4v) is 2.48. The Morgan fingerprint density at radius 1 is 1.39 bits per heavy atom. The van der Waals surface area contributed by atoms with Gasteiger partial charge in [-0.1, -0.05) is 0 Å². The van der Waals surface area contributed by atoms with E-state index in [9.17, 15) is 14.4 Å². The van der Waals surface area contributed by atoms with Crippen LogP contribution in [-0.4, -0.2) is 39.2 Å². The van der Waals surface area contributed by atoms with Gasteiger partial charge in [0.1, 0.15) is 18.1 Å². The third-order valence-electron chi connectivity index (χ3n) is 3.84. The zero-order valence-corrected chi connectivity index (χ0v) is 12.9. The van der Waals surface area contributed by atoms with Crippen LogP contribution in [0, 0.1) is 0 Å². The molecule has 1 fully saturated rings. The number of carbonyl (C=O) groups excluding carboxylic acids is 1. The SMILES string of the molecule is CC1(C)COCN1C(=O)c1c[nH]c(=O)n(Cc2ccco2)c1=O. The van der Waals surface area contributed by atoms with E-state index in [1.165, 1.54) is 11.2 Å². The Morgan fingerprint density at radius 2 is 2.17 bits per heavy atom. The Kier molecular flexibility index (Phi) is 3.69. The van der Waals surface area contributed by atoms with Crippen LogP contribution in [0.3, 0.4) is 0 Å². The van der Waals surface area contributed by atoms with E-state index in [4.69, 9.17) is 9.15 Å². The zero-order chi connectivity index (χ0) is 16.6. The lowest BCUT2D eigenvalue weighted by molar-refractivity contribution is 0.0602. The molecule has 0 aliphatic carbocycles. The van der Waals surface area contributed by atoms with E-state index >= 15 is 0 Å². The number of nitrogens with zero attached hydrogens (tertiary/aromatic N) is 2. The molecule has 2 aromatic rings. The second-order valence-electron chi connectivity index (χ2n) is 6.00. The van der Waals surface area contributed by atoms with Crippen LogP contribution >= 0.6 is 0 Å². The summed E-state index contributed by atoms with van der Waals surface area (Å²) in [6, 6.07) is 3.31. The van der Waals surface area contributed by atoms with Gasteiger partial charge in [0, 0.05) is 6.20 Å². The van der Waals surface area contributed by atoms with E-state index in [0.717, 1.165) is 10.8 Å². The number of aromatic nitrogens is 2. The van der Waals surface area contributed by atoms with Gasteiger partial charge in [-0.15, -0.1) is 0 Å². The highest BCUT2D eigenvalue weighted by Gasteiger charge is 2.38. The standard InChI is InChI=1S/C15H17N3O5/c1-15(2)8-22-9-18(15)13(20)11-6-16-14(21)17(12(11)19)7-10-4-3-5-23-10/h3-6H,7-9H2,1-2H3,(H,16,21). The Hall–Kier alpha value is -2.61. The molecule has 8 heteroatoms. The summed E-state index contributed by atoms with van der Waals surface area (Å²) in [5.74, 6) is -0.0195. The first-order valence-corrected chi connectivity index (χ1v) is 7.15. The van der Waals surface area contributed by atoms with Gasteiger partial charge in [-0.2, -0.15) is 0 Å². The summed E-state index contributed by atoms with van der Waals surface area (Å²) in [4.78, 5) is 41.0. The predicted molar refractivity (Wildman–Crippen MR) is 80.2 cm³/mol. The van der Waals surface area contributed by atoms with Gasteiger partial charge in [0.15, 0.2) is 0 Å². The third-order valence-corrected chi connectivity index (χ3v) is 3.84. The molecule has 3 heterocycles. The monoisotopic (exact) mass is 319 g/mol. The average Bonchev–Trinajstić information content (AvgIpc) is 3.11. The van der Waals surface area contributed by atoms with Crippen LogP contribution in [-0.2, 0) is 11.3 Å². The Bertz CT molecular complexity index is 832. The second kappa shape index (κ2) is 5.54. The number of rotatable bonds is 3. The van der Waals surface area contributed by atoms with Crippen molar-refractivity contribution >= 4 is 5.91 Å². The van der Waals surface area contributed by atoms with Crippen LogP contribution in [0.15, 0.2) is 38.6 Å². The molecule has 0 atom stereocenters. The molecule has 0 unspecified atom stereocenters. The molecule has 1 aliphatic heterocycles. The molecule has 0 saturated carbocycles. The molecule has 8 nitrogen and oxygen atoms in total. The van der Waals surface area contributed by atoms with Crippen LogP contribution in [0.1, 0.15) is 30.0 Å². The van der Waals surface area contributed by atoms with Crippen molar-refractivity contribution in [3.8, 4) is 0 Å². The quantitative estimate of drug-likeness (QED) is 0.882. The number of amides is 1. The minimum absolute atomic E-state index is 0.0395. The Morgan fingerprint density at radius 3 is 2.78 bits per heavy atom. The summed E-state index contributed by atoms with van der Waals surface area (Å²) in [5.41, 5.74) is -1.86. The molecule has 0 bridgehead atoms. The van der Waals surface area contributed by atoms with Gasteiger partial charge in [0.05, 0.1) is 25.0 Å². The van der Waals surface area contributed by atoms with Crippen molar-refractivity contribution in [1.29, 1.82) is 0 Å². The van der Waals surface area contributed by atoms with E-state index in [0.29, 0.717) is 12.4 Å². The van der Waals surface area contributed by atoms with Crippen molar-refractivity contribution in [3.63, 3.8) is 0 Å². The molecule has 23 heavy (non-hydrogen) atoms. The van der Waals surface area contributed by atoms with Gasteiger partial charge in [-0.25, -0.2) is 4.79 Å². The molecule has 1 N–H and O–H groups in total. The lowest BCUT2D eigenvalue weighted by Gasteiger charge is -2.28. The second-order valence-corrected chi connectivity index (χ2v) is 6.00. The van der Waals surface area contributed by atoms with Crippen molar-refractivity contribution in [1.82, 2.24) is 14.5 Å². The molecular weight excluding hydrogens is 302 g/mol. The summed E-state index contributed by atoms with van der Waals surface area (Å²) >= 11 is 0. The molecule has 0 radical (unpaired) electrons. The summed E-state index contributed by atoms with van der Waals surface area (Å²) in [5, 5.41) is 0. The molecule has 2 aromatic heterocycles. The highest BCUT2D eigenvalue weighted by Crippen LogP contribution is 2.22. The lowest BCUT2D eigenvalue weighted by Crippen LogP contribution is -2.48. The maximum Gasteiger partial charge on any atom is 0.328 e. The number of hydrogen-bond acceptors (Lipinski definition) is 5. The third kappa shape index (κ3) is 2.72. The molecule has 3 rings (SSSR count). The molecule has 122 valence electrons. The van der Waals surface area contributed by atoms with Crippen LogP contribution in [0.25, 0.3) is 0 Å². The first-order chi connectivity index (χ1) is 10.9. The van der Waals surface area contributed by atoms with Crippen molar-refractivity contribution < 1.29 is 13.9 Å².